The molecule has 2 saturated heterocycles. The highest BCUT2D eigenvalue weighted by molar-refractivity contribution is 7.89. The van der Waals surface area contributed by atoms with E-state index in [4.69, 9.17) is 9.47 Å². The molecular weight excluding hydrogens is 364 g/mol. The minimum Gasteiger partial charge on any atom is -0.348 e. The summed E-state index contributed by atoms with van der Waals surface area (Å²) in [6.45, 7) is 3.08. The third kappa shape index (κ3) is 4.23. The predicted octanol–water partition coefficient (Wildman–Crippen LogP) is 1.95. The number of hydrogen-bond acceptors (Lipinski definition) is 5. The molecule has 2 aromatic rings. The quantitative estimate of drug-likeness (QED) is 0.791. The molecule has 2 heterocycles. The molecule has 2 aliphatic rings. The summed E-state index contributed by atoms with van der Waals surface area (Å²) in [7, 11) is -3.67. The number of rotatable bonds is 6. The maximum atomic E-state index is 12.9. The fourth-order valence-corrected chi connectivity index (χ4v) is 4.82. The summed E-state index contributed by atoms with van der Waals surface area (Å²) < 4.78 is 40.0. The largest absolute Gasteiger partial charge is 0.348 e. The average Bonchev–Trinajstić information content (AvgIpc) is 3.07. The van der Waals surface area contributed by atoms with Gasteiger partial charge < -0.3 is 14.8 Å². The highest BCUT2D eigenvalue weighted by atomic mass is 32.2. The Balaban J connectivity index is 1.51. The smallest absolute Gasteiger partial charge is 0.241 e. The van der Waals surface area contributed by atoms with Gasteiger partial charge in [-0.25, -0.2) is 13.1 Å². The van der Waals surface area contributed by atoms with E-state index in [1.165, 1.54) is 0 Å². The van der Waals surface area contributed by atoms with Crippen LogP contribution in [0.3, 0.4) is 0 Å². The molecule has 6 nitrogen and oxygen atoms in total. The second-order valence-corrected chi connectivity index (χ2v) is 8.84. The predicted molar refractivity (Wildman–Crippen MR) is 102 cm³/mol. The van der Waals surface area contributed by atoms with E-state index >= 15 is 0 Å². The summed E-state index contributed by atoms with van der Waals surface area (Å²) in [4.78, 5) is 0.245. The van der Waals surface area contributed by atoms with E-state index in [9.17, 15) is 8.42 Å². The lowest BCUT2D eigenvalue weighted by molar-refractivity contribution is -0.108. The summed E-state index contributed by atoms with van der Waals surface area (Å²) in [6.07, 6.45) is 0.130. The van der Waals surface area contributed by atoms with Gasteiger partial charge in [0.2, 0.25) is 10.0 Å². The van der Waals surface area contributed by atoms with Crippen molar-refractivity contribution in [1.82, 2.24) is 10.0 Å². The molecule has 27 heavy (non-hydrogen) atoms. The van der Waals surface area contributed by atoms with Gasteiger partial charge in [0.1, 0.15) is 0 Å². The molecule has 2 bridgehead atoms. The van der Waals surface area contributed by atoms with Crippen molar-refractivity contribution in [3.63, 3.8) is 0 Å². The molecule has 2 N–H and O–H groups in total. The lowest BCUT2D eigenvalue weighted by Gasteiger charge is -2.36. The Hall–Kier alpha value is -1.77. The Labute approximate surface area is 159 Å². The fourth-order valence-electron chi connectivity index (χ4n) is 3.56. The normalized spacial score (nSPS) is 27.6. The Morgan fingerprint density at radius 1 is 1.07 bits per heavy atom. The molecule has 0 amide bonds. The van der Waals surface area contributed by atoms with E-state index in [1.54, 1.807) is 24.3 Å². The molecule has 2 aliphatic heterocycles. The van der Waals surface area contributed by atoms with Crippen LogP contribution in [0.1, 0.15) is 17.5 Å². The minimum atomic E-state index is -3.67. The summed E-state index contributed by atoms with van der Waals surface area (Å²) in [5.74, 6) is 0. The molecule has 4 rings (SSSR count). The minimum absolute atomic E-state index is 0.00315. The van der Waals surface area contributed by atoms with Gasteiger partial charge in [-0.1, -0.05) is 48.0 Å². The van der Waals surface area contributed by atoms with Crippen LogP contribution in [0.15, 0.2) is 59.5 Å². The number of ether oxygens (including phenoxy) is 2. The highest BCUT2D eigenvalue weighted by Crippen LogP contribution is 2.29. The van der Waals surface area contributed by atoms with Gasteiger partial charge in [0.25, 0.3) is 0 Å². The summed E-state index contributed by atoms with van der Waals surface area (Å²) in [5.41, 5.74) is 2.16. The number of fused-ring (bicyclic) bond motifs is 2. The Bertz CT molecular complexity index is 871. The molecule has 2 aromatic carbocycles. The number of sulfonamides is 1. The van der Waals surface area contributed by atoms with Gasteiger partial charge in [0, 0.05) is 12.6 Å². The van der Waals surface area contributed by atoms with Crippen molar-refractivity contribution in [1.29, 1.82) is 0 Å². The molecule has 0 saturated carbocycles. The van der Waals surface area contributed by atoms with E-state index in [0.717, 1.165) is 11.1 Å². The van der Waals surface area contributed by atoms with Crippen LogP contribution >= 0.6 is 0 Å². The van der Waals surface area contributed by atoms with Crippen molar-refractivity contribution in [2.45, 2.75) is 49.3 Å². The number of nitrogens with one attached hydrogen (secondary N) is 2. The molecule has 0 aliphatic carbocycles. The lowest BCUT2D eigenvalue weighted by atomic mass is 9.99. The van der Waals surface area contributed by atoms with E-state index < -0.39 is 22.4 Å². The summed E-state index contributed by atoms with van der Waals surface area (Å²) in [6, 6.07) is 16.3. The van der Waals surface area contributed by atoms with E-state index in [-0.39, 0.29) is 17.0 Å². The number of benzene rings is 2. The van der Waals surface area contributed by atoms with E-state index in [0.29, 0.717) is 19.6 Å². The molecule has 0 unspecified atom stereocenters. The van der Waals surface area contributed by atoms with Crippen LogP contribution in [0.2, 0.25) is 0 Å². The Morgan fingerprint density at radius 2 is 1.81 bits per heavy atom. The molecular formula is C20H24N2O4S. The standard InChI is InChI=1S/C20H24N2O4S/c1-14-7-9-17(10-8-14)27(23,24)22-19-18(11-16-13-25-20(19)26-16)21-12-15-5-3-2-4-6-15/h2-10,16,18-22H,11-13H2,1H3/t16-,18-,19+,20+/m0/s1. The molecule has 0 radical (unpaired) electrons. The lowest BCUT2D eigenvalue weighted by Crippen LogP contribution is -2.59. The monoisotopic (exact) mass is 388 g/mol. The molecule has 0 aromatic heterocycles. The van der Waals surface area contributed by atoms with E-state index in [2.05, 4.69) is 10.0 Å². The van der Waals surface area contributed by atoms with Gasteiger partial charge in [0.05, 0.1) is 23.6 Å². The van der Waals surface area contributed by atoms with Crippen LogP contribution in [0.25, 0.3) is 0 Å². The molecule has 7 heteroatoms. The van der Waals surface area contributed by atoms with Gasteiger partial charge in [0.15, 0.2) is 6.29 Å². The van der Waals surface area contributed by atoms with Crippen LogP contribution < -0.4 is 10.0 Å². The number of aryl methyl sites for hydroxylation is 1. The van der Waals surface area contributed by atoms with Crippen LogP contribution in [0.4, 0.5) is 0 Å². The van der Waals surface area contributed by atoms with Crippen molar-refractivity contribution >= 4 is 10.0 Å². The van der Waals surface area contributed by atoms with Gasteiger partial charge >= 0.3 is 0 Å². The maximum absolute atomic E-state index is 12.9. The van der Waals surface area contributed by atoms with Crippen LogP contribution in [-0.4, -0.2) is 39.5 Å². The molecule has 144 valence electrons. The zero-order chi connectivity index (χ0) is 18.9. The Morgan fingerprint density at radius 3 is 2.56 bits per heavy atom. The third-order valence-electron chi connectivity index (χ3n) is 5.05. The fraction of sp³-hybridized carbons (Fsp3) is 0.400. The van der Waals surface area contributed by atoms with Crippen LogP contribution in [0.5, 0.6) is 0 Å². The van der Waals surface area contributed by atoms with Gasteiger partial charge in [-0.05, 0) is 31.0 Å². The zero-order valence-electron chi connectivity index (χ0n) is 15.2. The first-order valence-electron chi connectivity index (χ1n) is 9.15. The third-order valence-corrected chi connectivity index (χ3v) is 6.53. The first-order chi connectivity index (χ1) is 13.0. The second kappa shape index (κ2) is 7.69. The summed E-state index contributed by atoms with van der Waals surface area (Å²) >= 11 is 0. The SMILES string of the molecule is Cc1ccc(S(=O)(=O)N[C@H]2[C@@H]3OC[C@H](C[C@@H]2NCc2ccccc2)O3)cc1. The van der Waals surface area contributed by atoms with Crippen molar-refractivity contribution in [3.8, 4) is 0 Å². The number of hydrogen-bond donors (Lipinski definition) is 2. The maximum Gasteiger partial charge on any atom is 0.241 e. The average molecular weight is 388 g/mol. The van der Waals surface area contributed by atoms with E-state index in [1.807, 2.05) is 37.3 Å². The first kappa shape index (κ1) is 18.6. The molecule has 0 spiro atoms. The van der Waals surface area contributed by atoms with Gasteiger partial charge in [-0.15, -0.1) is 0 Å². The topological polar surface area (TPSA) is 76.7 Å². The van der Waals surface area contributed by atoms with Gasteiger partial charge in [-0.3, -0.25) is 0 Å². The summed E-state index contributed by atoms with van der Waals surface area (Å²) in [5, 5.41) is 3.49. The van der Waals surface area contributed by atoms with Crippen LogP contribution in [-0.2, 0) is 26.0 Å². The highest BCUT2D eigenvalue weighted by Gasteiger charge is 2.45. The zero-order valence-corrected chi connectivity index (χ0v) is 16.0. The molecule has 2 fully saturated rings. The van der Waals surface area contributed by atoms with Crippen molar-refractivity contribution in [2.75, 3.05) is 6.61 Å². The second-order valence-electron chi connectivity index (χ2n) is 7.13. The van der Waals surface area contributed by atoms with Gasteiger partial charge in [-0.2, -0.15) is 0 Å². The molecule has 4 atom stereocenters. The Kier molecular flexibility index (Phi) is 5.29. The van der Waals surface area contributed by atoms with Crippen LogP contribution in [0, 0.1) is 6.92 Å². The van der Waals surface area contributed by atoms with Crippen molar-refractivity contribution in [2.24, 2.45) is 0 Å². The first-order valence-corrected chi connectivity index (χ1v) is 10.6. The van der Waals surface area contributed by atoms with Crippen molar-refractivity contribution in [3.05, 3.63) is 65.7 Å². The van der Waals surface area contributed by atoms with Crippen molar-refractivity contribution < 1.29 is 17.9 Å².